The van der Waals surface area contributed by atoms with Gasteiger partial charge in [-0.25, -0.2) is 9.69 Å². The third-order valence-electron chi connectivity index (χ3n) is 2.40. The second kappa shape index (κ2) is 3.24. The summed E-state index contributed by atoms with van der Waals surface area (Å²) in [5.41, 5.74) is 0. The minimum atomic E-state index is -0.884. The van der Waals surface area contributed by atoms with Crippen molar-refractivity contribution in [3.05, 3.63) is 0 Å². The topological polar surface area (TPSA) is 56.1 Å². The summed E-state index contributed by atoms with van der Waals surface area (Å²) in [6, 6.07) is 0. The summed E-state index contributed by atoms with van der Waals surface area (Å²) in [7, 11) is 0. The molecule has 1 N–H and O–H groups in total. The van der Waals surface area contributed by atoms with Crippen molar-refractivity contribution >= 4 is 12.1 Å². The van der Waals surface area contributed by atoms with Gasteiger partial charge in [-0.2, -0.15) is 0 Å². The fourth-order valence-corrected chi connectivity index (χ4v) is 1.81. The van der Waals surface area contributed by atoms with Crippen molar-refractivity contribution in [3.8, 4) is 0 Å². The van der Waals surface area contributed by atoms with E-state index in [9.17, 15) is 4.79 Å². The molecule has 0 unspecified atom stereocenters. The van der Waals surface area contributed by atoms with Crippen LogP contribution in [0.1, 0.15) is 12.8 Å². The largest absolute Gasteiger partial charge is 0.465 e. The highest BCUT2D eigenvalue weighted by atomic mass is 16.4. The Balaban J connectivity index is 2.19. The van der Waals surface area contributed by atoms with Gasteiger partial charge in [-0.15, -0.1) is 0 Å². The van der Waals surface area contributed by atoms with Gasteiger partial charge < -0.3 is 10.0 Å². The summed E-state index contributed by atoms with van der Waals surface area (Å²) in [6.45, 7) is 3.24. The van der Waals surface area contributed by atoms with E-state index < -0.39 is 6.09 Å². The number of amides is 1. The van der Waals surface area contributed by atoms with Gasteiger partial charge in [-0.1, -0.05) is 0 Å². The SMILES string of the molecule is O=C(O)N1CCCN2CCCN=C21. The predicted molar refractivity (Wildman–Crippen MR) is 47.8 cm³/mol. The maximum atomic E-state index is 10.8. The Morgan fingerprint density at radius 2 is 2.08 bits per heavy atom. The monoisotopic (exact) mass is 183 g/mol. The van der Waals surface area contributed by atoms with Gasteiger partial charge in [0.1, 0.15) is 0 Å². The van der Waals surface area contributed by atoms with E-state index in [0.29, 0.717) is 12.5 Å². The molecule has 5 heteroatoms. The Hall–Kier alpha value is -1.26. The Kier molecular flexibility index (Phi) is 2.08. The smallest absolute Gasteiger partial charge is 0.414 e. The normalized spacial score (nSPS) is 22.3. The van der Waals surface area contributed by atoms with Gasteiger partial charge in [0.05, 0.1) is 0 Å². The molecule has 2 aliphatic rings. The molecule has 1 fully saturated rings. The molecule has 0 aromatic carbocycles. The number of hydrogen-bond donors (Lipinski definition) is 1. The molecule has 72 valence electrons. The molecule has 0 aromatic rings. The van der Waals surface area contributed by atoms with Gasteiger partial charge in [0, 0.05) is 26.2 Å². The first-order valence-corrected chi connectivity index (χ1v) is 4.59. The summed E-state index contributed by atoms with van der Waals surface area (Å²) >= 11 is 0. The second-order valence-corrected chi connectivity index (χ2v) is 3.31. The molecule has 0 spiro atoms. The van der Waals surface area contributed by atoms with Crippen LogP contribution in [0.25, 0.3) is 0 Å². The Labute approximate surface area is 76.7 Å². The Bertz CT molecular complexity index is 252. The minimum absolute atomic E-state index is 0.588. The third-order valence-corrected chi connectivity index (χ3v) is 2.40. The van der Waals surface area contributed by atoms with Crippen LogP contribution >= 0.6 is 0 Å². The average Bonchev–Trinajstić information content (AvgIpc) is 2.17. The van der Waals surface area contributed by atoms with Gasteiger partial charge in [-0.3, -0.25) is 4.99 Å². The first-order chi connectivity index (χ1) is 6.29. The van der Waals surface area contributed by atoms with Crippen molar-refractivity contribution in [1.82, 2.24) is 9.80 Å². The lowest BCUT2D eigenvalue weighted by Gasteiger charge is -2.38. The first-order valence-electron chi connectivity index (χ1n) is 4.59. The Morgan fingerprint density at radius 1 is 1.31 bits per heavy atom. The maximum Gasteiger partial charge on any atom is 0.414 e. The standard InChI is InChI=1S/C8H13N3O2/c12-8(13)11-6-2-5-10-4-1-3-9-7(10)11/h1-6H2,(H,12,13). The molecular weight excluding hydrogens is 170 g/mol. The van der Waals surface area contributed by atoms with E-state index >= 15 is 0 Å². The van der Waals surface area contributed by atoms with Gasteiger partial charge in [0.2, 0.25) is 5.96 Å². The Morgan fingerprint density at radius 3 is 2.85 bits per heavy atom. The molecule has 1 saturated heterocycles. The summed E-state index contributed by atoms with van der Waals surface area (Å²) in [6.07, 6.45) is 1.06. The van der Waals surface area contributed by atoms with E-state index in [-0.39, 0.29) is 0 Å². The van der Waals surface area contributed by atoms with Gasteiger partial charge in [-0.05, 0) is 12.8 Å². The number of aliphatic imine (C=N–C) groups is 1. The molecule has 0 aliphatic carbocycles. The second-order valence-electron chi connectivity index (χ2n) is 3.31. The number of nitrogens with zero attached hydrogens (tertiary/aromatic N) is 3. The number of hydrogen-bond acceptors (Lipinski definition) is 3. The van der Waals surface area contributed by atoms with E-state index in [1.807, 2.05) is 0 Å². The van der Waals surface area contributed by atoms with Crippen LogP contribution in [0.4, 0.5) is 4.79 Å². The average molecular weight is 183 g/mol. The molecule has 13 heavy (non-hydrogen) atoms. The van der Waals surface area contributed by atoms with E-state index in [0.717, 1.165) is 32.5 Å². The van der Waals surface area contributed by atoms with Crippen molar-refractivity contribution < 1.29 is 9.90 Å². The zero-order chi connectivity index (χ0) is 9.26. The van der Waals surface area contributed by atoms with Crippen molar-refractivity contribution in [2.24, 2.45) is 4.99 Å². The van der Waals surface area contributed by atoms with Gasteiger partial charge >= 0.3 is 6.09 Å². The zero-order valence-electron chi connectivity index (χ0n) is 7.44. The molecule has 0 radical (unpaired) electrons. The lowest BCUT2D eigenvalue weighted by molar-refractivity contribution is 0.152. The molecule has 2 rings (SSSR count). The summed E-state index contributed by atoms with van der Waals surface area (Å²) in [4.78, 5) is 18.5. The minimum Gasteiger partial charge on any atom is -0.465 e. The van der Waals surface area contributed by atoms with Crippen LogP contribution in [0.3, 0.4) is 0 Å². The van der Waals surface area contributed by atoms with Crippen LogP contribution in [0.2, 0.25) is 0 Å². The molecule has 0 atom stereocenters. The predicted octanol–water partition coefficient (Wildman–Crippen LogP) is 0.432. The fraction of sp³-hybridized carbons (Fsp3) is 0.750. The summed E-state index contributed by atoms with van der Waals surface area (Å²) < 4.78 is 0. The van der Waals surface area contributed by atoms with Crippen molar-refractivity contribution in [2.45, 2.75) is 12.8 Å². The molecule has 1 amide bonds. The van der Waals surface area contributed by atoms with E-state index in [4.69, 9.17) is 5.11 Å². The molecule has 0 aromatic heterocycles. The molecular formula is C8H13N3O2. The number of carbonyl (C=O) groups is 1. The number of guanidine groups is 1. The summed E-state index contributed by atoms with van der Waals surface area (Å²) in [5.74, 6) is 0.657. The quantitative estimate of drug-likeness (QED) is 0.592. The van der Waals surface area contributed by atoms with Crippen LogP contribution in [-0.4, -0.2) is 53.1 Å². The number of fused-ring (bicyclic) bond motifs is 1. The third kappa shape index (κ3) is 1.46. The van der Waals surface area contributed by atoms with Gasteiger partial charge in [0.25, 0.3) is 0 Å². The molecule has 5 nitrogen and oxygen atoms in total. The highest BCUT2D eigenvalue weighted by Gasteiger charge is 2.29. The van der Waals surface area contributed by atoms with Crippen LogP contribution in [0.15, 0.2) is 4.99 Å². The van der Waals surface area contributed by atoms with Gasteiger partial charge in [0.15, 0.2) is 0 Å². The van der Waals surface area contributed by atoms with Crippen LogP contribution in [0, 0.1) is 0 Å². The number of carboxylic acid groups (broad SMARTS) is 1. The fourth-order valence-electron chi connectivity index (χ4n) is 1.81. The van der Waals surface area contributed by atoms with Crippen molar-refractivity contribution in [3.63, 3.8) is 0 Å². The van der Waals surface area contributed by atoms with Crippen molar-refractivity contribution in [2.75, 3.05) is 26.2 Å². The molecule has 0 saturated carbocycles. The lowest BCUT2D eigenvalue weighted by atomic mass is 10.2. The van der Waals surface area contributed by atoms with Crippen LogP contribution < -0.4 is 0 Å². The van der Waals surface area contributed by atoms with Crippen LogP contribution in [-0.2, 0) is 0 Å². The van der Waals surface area contributed by atoms with Crippen LogP contribution in [0.5, 0.6) is 0 Å². The van der Waals surface area contributed by atoms with E-state index in [2.05, 4.69) is 9.89 Å². The first kappa shape index (κ1) is 8.34. The number of rotatable bonds is 0. The van der Waals surface area contributed by atoms with Crippen molar-refractivity contribution in [1.29, 1.82) is 0 Å². The lowest BCUT2D eigenvalue weighted by Crippen LogP contribution is -2.54. The highest BCUT2D eigenvalue weighted by Crippen LogP contribution is 2.13. The molecule has 0 bridgehead atoms. The summed E-state index contributed by atoms with van der Waals surface area (Å²) in [5, 5.41) is 8.90. The maximum absolute atomic E-state index is 10.8. The zero-order valence-corrected chi connectivity index (χ0v) is 7.44. The van der Waals surface area contributed by atoms with E-state index in [1.54, 1.807) is 0 Å². The molecule has 2 aliphatic heterocycles. The molecule has 2 heterocycles. The highest BCUT2D eigenvalue weighted by molar-refractivity contribution is 5.94. The van der Waals surface area contributed by atoms with E-state index in [1.165, 1.54) is 4.90 Å².